The molecular formula is C15H21N3OS. The van der Waals surface area contributed by atoms with Gasteiger partial charge in [0.1, 0.15) is 0 Å². The van der Waals surface area contributed by atoms with E-state index in [-0.39, 0.29) is 0 Å². The summed E-state index contributed by atoms with van der Waals surface area (Å²) in [5.41, 5.74) is 0. The van der Waals surface area contributed by atoms with E-state index in [1.165, 1.54) is 22.6 Å². The van der Waals surface area contributed by atoms with Gasteiger partial charge in [-0.3, -0.25) is 4.90 Å². The first-order valence-corrected chi connectivity index (χ1v) is 7.97. The molecule has 2 aromatic rings. The number of thiophene rings is 1. The van der Waals surface area contributed by atoms with Crippen molar-refractivity contribution in [2.75, 3.05) is 20.2 Å². The van der Waals surface area contributed by atoms with Crippen molar-refractivity contribution in [3.63, 3.8) is 0 Å². The van der Waals surface area contributed by atoms with Gasteiger partial charge < -0.3 is 9.30 Å². The molecule has 0 aromatic carbocycles. The Balaban J connectivity index is 1.49. The first-order chi connectivity index (χ1) is 9.81. The number of likely N-dealkylation sites (N-methyl/N-ethyl adjacent to an activating group) is 1. The molecule has 2 aromatic heterocycles. The van der Waals surface area contributed by atoms with Gasteiger partial charge in [0.25, 0.3) is 0 Å². The molecule has 1 aliphatic rings. The van der Waals surface area contributed by atoms with Crippen LogP contribution in [-0.2, 0) is 17.8 Å². The quantitative estimate of drug-likeness (QED) is 0.820. The normalized spacial score (nSPS) is 19.0. The number of ether oxygens (including phenoxy) is 1. The van der Waals surface area contributed by atoms with E-state index in [2.05, 4.69) is 33.6 Å². The van der Waals surface area contributed by atoms with Crippen molar-refractivity contribution in [3.05, 3.63) is 40.6 Å². The molecule has 108 valence electrons. The van der Waals surface area contributed by atoms with E-state index in [4.69, 9.17) is 4.74 Å². The number of imidazole rings is 1. The van der Waals surface area contributed by atoms with Gasteiger partial charge in [-0.15, -0.1) is 11.3 Å². The number of hydrogen-bond acceptors (Lipinski definition) is 4. The van der Waals surface area contributed by atoms with Gasteiger partial charge in [0, 0.05) is 48.4 Å². The molecule has 0 saturated carbocycles. The van der Waals surface area contributed by atoms with Crippen LogP contribution in [0.25, 0.3) is 0 Å². The maximum absolute atomic E-state index is 5.74. The maximum atomic E-state index is 5.74. The predicted octanol–water partition coefficient (Wildman–Crippen LogP) is 2.93. The van der Waals surface area contributed by atoms with Crippen LogP contribution in [0.4, 0.5) is 0 Å². The lowest BCUT2D eigenvalue weighted by molar-refractivity contribution is 0.114. The fourth-order valence-electron chi connectivity index (χ4n) is 2.50. The Morgan fingerprint density at radius 3 is 3.20 bits per heavy atom. The second-order valence-corrected chi connectivity index (χ2v) is 6.54. The first-order valence-electron chi connectivity index (χ1n) is 7.16. The molecule has 3 heterocycles. The van der Waals surface area contributed by atoms with E-state index in [0.29, 0.717) is 6.10 Å². The number of aromatic nitrogens is 2. The van der Waals surface area contributed by atoms with Gasteiger partial charge in [-0.05, 0) is 32.0 Å². The third kappa shape index (κ3) is 3.48. The Morgan fingerprint density at radius 1 is 1.50 bits per heavy atom. The number of rotatable bonds is 6. The van der Waals surface area contributed by atoms with Crippen LogP contribution in [-0.4, -0.2) is 34.7 Å². The molecule has 1 fully saturated rings. The Kier molecular flexibility index (Phi) is 4.50. The molecule has 0 radical (unpaired) electrons. The minimum absolute atomic E-state index is 0.352. The fourth-order valence-corrected chi connectivity index (χ4v) is 3.68. The van der Waals surface area contributed by atoms with Crippen LogP contribution < -0.4 is 0 Å². The lowest BCUT2D eigenvalue weighted by Gasteiger charge is -2.15. The summed E-state index contributed by atoms with van der Waals surface area (Å²) in [7, 11) is 2.17. The summed E-state index contributed by atoms with van der Waals surface area (Å²) >= 11 is 1.90. The van der Waals surface area contributed by atoms with E-state index in [9.17, 15) is 0 Å². The van der Waals surface area contributed by atoms with Crippen molar-refractivity contribution in [1.29, 1.82) is 0 Å². The summed E-state index contributed by atoms with van der Waals surface area (Å²) in [4.78, 5) is 9.23. The molecule has 1 saturated heterocycles. The lowest BCUT2D eigenvalue weighted by atomic mass is 10.2. The minimum Gasteiger partial charge on any atom is -0.373 e. The van der Waals surface area contributed by atoms with Gasteiger partial charge in [0.15, 0.2) is 0 Å². The monoisotopic (exact) mass is 291 g/mol. The molecule has 5 heteroatoms. The molecular weight excluding hydrogens is 270 g/mol. The van der Waals surface area contributed by atoms with Gasteiger partial charge in [-0.2, -0.15) is 0 Å². The fraction of sp³-hybridized carbons (Fsp3) is 0.533. The van der Waals surface area contributed by atoms with Gasteiger partial charge in [-0.1, -0.05) is 0 Å². The Bertz CT molecular complexity index is 517. The van der Waals surface area contributed by atoms with Crippen LogP contribution in [0.5, 0.6) is 0 Å². The van der Waals surface area contributed by atoms with Gasteiger partial charge >= 0.3 is 0 Å². The third-order valence-electron chi connectivity index (χ3n) is 3.65. The molecule has 0 unspecified atom stereocenters. The molecule has 4 nitrogen and oxygen atoms in total. The van der Waals surface area contributed by atoms with Crippen LogP contribution in [0, 0.1) is 0 Å². The molecule has 0 N–H and O–H groups in total. The molecule has 0 aliphatic carbocycles. The van der Waals surface area contributed by atoms with Gasteiger partial charge in [0.05, 0.1) is 12.4 Å². The zero-order valence-corrected chi connectivity index (χ0v) is 12.7. The van der Waals surface area contributed by atoms with Crippen molar-refractivity contribution in [2.24, 2.45) is 0 Å². The van der Waals surface area contributed by atoms with E-state index in [1.807, 2.05) is 30.1 Å². The summed E-state index contributed by atoms with van der Waals surface area (Å²) in [6.45, 7) is 3.94. The highest BCUT2D eigenvalue weighted by molar-refractivity contribution is 7.12. The van der Waals surface area contributed by atoms with Crippen molar-refractivity contribution in [3.8, 4) is 0 Å². The topological polar surface area (TPSA) is 30.3 Å². The second kappa shape index (κ2) is 6.52. The molecule has 0 spiro atoms. The zero-order valence-electron chi connectivity index (χ0n) is 11.9. The Labute approximate surface area is 124 Å². The molecule has 1 aliphatic heterocycles. The van der Waals surface area contributed by atoms with Crippen LogP contribution >= 0.6 is 11.3 Å². The molecule has 20 heavy (non-hydrogen) atoms. The average molecular weight is 291 g/mol. The number of nitrogens with zero attached hydrogens (tertiary/aromatic N) is 3. The van der Waals surface area contributed by atoms with Crippen LogP contribution in [0.2, 0.25) is 0 Å². The third-order valence-corrected chi connectivity index (χ3v) is 4.82. The molecule has 1 atom stereocenters. The largest absolute Gasteiger partial charge is 0.373 e. The predicted molar refractivity (Wildman–Crippen MR) is 80.8 cm³/mol. The van der Waals surface area contributed by atoms with Gasteiger partial charge in [-0.25, -0.2) is 4.98 Å². The van der Waals surface area contributed by atoms with E-state index in [1.54, 1.807) is 0 Å². The summed E-state index contributed by atoms with van der Waals surface area (Å²) in [5.74, 6) is 0. The van der Waals surface area contributed by atoms with Crippen LogP contribution in [0.1, 0.15) is 28.7 Å². The molecule has 0 bridgehead atoms. The Hall–Kier alpha value is -1.17. The zero-order chi connectivity index (χ0) is 13.8. The van der Waals surface area contributed by atoms with E-state index in [0.717, 1.165) is 26.2 Å². The highest BCUT2D eigenvalue weighted by Gasteiger charge is 2.19. The highest BCUT2D eigenvalue weighted by atomic mass is 32.1. The molecule has 0 amide bonds. The van der Waals surface area contributed by atoms with Crippen molar-refractivity contribution >= 4 is 11.3 Å². The van der Waals surface area contributed by atoms with Crippen LogP contribution in [0.3, 0.4) is 0 Å². The average Bonchev–Trinajstić information content (AvgIpc) is 3.18. The molecule has 3 rings (SSSR count). The smallest absolute Gasteiger partial charge is 0.0946 e. The number of hydrogen-bond donors (Lipinski definition) is 0. The van der Waals surface area contributed by atoms with Crippen LogP contribution in [0.15, 0.2) is 30.9 Å². The summed E-state index contributed by atoms with van der Waals surface area (Å²) in [6, 6.07) is 4.48. The maximum Gasteiger partial charge on any atom is 0.0946 e. The highest BCUT2D eigenvalue weighted by Crippen LogP contribution is 2.33. The summed E-state index contributed by atoms with van der Waals surface area (Å²) in [6.07, 6.45) is 8.43. The minimum atomic E-state index is 0.352. The van der Waals surface area contributed by atoms with E-state index >= 15 is 0 Å². The van der Waals surface area contributed by atoms with Gasteiger partial charge in [0.2, 0.25) is 0 Å². The summed E-state index contributed by atoms with van der Waals surface area (Å²) in [5, 5.41) is 0. The Morgan fingerprint density at radius 2 is 2.45 bits per heavy atom. The van der Waals surface area contributed by atoms with Crippen molar-refractivity contribution in [2.45, 2.75) is 32.0 Å². The van der Waals surface area contributed by atoms with E-state index < -0.39 is 0 Å². The van der Waals surface area contributed by atoms with Crippen molar-refractivity contribution < 1.29 is 4.74 Å². The summed E-state index contributed by atoms with van der Waals surface area (Å²) < 4.78 is 7.85. The van der Waals surface area contributed by atoms with Crippen molar-refractivity contribution in [1.82, 2.24) is 14.5 Å². The second-order valence-electron chi connectivity index (χ2n) is 5.34. The lowest BCUT2D eigenvalue weighted by Crippen LogP contribution is -2.22. The SMILES string of the molecule is CN(CCn1ccnc1)Cc1ccc([C@@H]2CCCO2)s1. The standard InChI is InChI=1S/C15H21N3OS/c1-17(8-9-18-7-6-16-12-18)11-13-4-5-15(20-13)14-3-2-10-19-14/h4-7,12,14H,2-3,8-11H2,1H3/t14-/m0/s1. The first kappa shape index (κ1) is 13.8.